The van der Waals surface area contributed by atoms with E-state index in [2.05, 4.69) is 17.9 Å². The molecule has 0 fully saturated rings. The molecule has 2 aromatic heterocycles. The van der Waals surface area contributed by atoms with Crippen LogP contribution in [0.25, 0.3) is 23.1 Å². The molecule has 2 heterocycles. The van der Waals surface area contributed by atoms with Gasteiger partial charge in [0.1, 0.15) is 12.6 Å². The van der Waals surface area contributed by atoms with Gasteiger partial charge in [-0.3, -0.25) is 0 Å². The number of halogens is 1. The number of fused-ring (bicyclic) bond motifs is 2. The fraction of sp³-hybridized carbons (Fsp3) is 0.217. The van der Waals surface area contributed by atoms with Crippen LogP contribution in [-0.2, 0) is 13.5 Å². The van der Waals surface area contributed by atoms with Crippen molar-refractivity contribution in [3.8, 4) is 11.8 Å². The van der Waals surface area contributed by atoms with Gasteiger partial charge in [-0.1, -0.05) is 11.8 Å². The molecule has 0 radical (unpaired) electrons. The molecule has 3 nitrogen and oxygen atoms in total. The zero-order valence-electron chi connectivity index (χ0n) is 15.2. The summed E-state index contributed by atoms with van der Waals surface area (Å²) in [6.07, 6.45) is 9.94. The Kier molecular flexibility index (Phi) is 5.93. The molecule has 0 unspecified atom stereocenters. The summed E-state index contributed by atoms with van der Waals surface area (Å²) >= 11 is 0. The first-order valence-corrected chi connectivity index (χ1v) is 8.93. The molecule has 27 heavy (non-hydrogen) atoms. The van der Waals surface area contributed by atoms with Gasteiger partial charge in [0, 0.05) is 35.6 Å². The molecule has 4 heteroatoms. The number of nitrogens with zero attached hydrogens (tertiary/aromatic N) is 1. The van der Waals surface area contributed by atoms with Crippen LogP contribution in [0.1, 0.15) is 41.6 Å². The first-order chi connectivity index (χ1) is 12.7. The molecule has 0 saturated carbocycles. The van der Waals surface area contributed by atoms with E-state index in [0.29, 0.717) is 11.1 Å². The highest BCUT2D eigenvalue weighted by Crippen LogP contribution is 2.23. The number of benzene rings is 1. The predicted molar refractivity (Wildman–Crippen MR) is 103 cm³/mol. The third-order valence-corrected chi connectivity index (χ3v) is 4.73. The van der Waals surface area contributed by atoms with E-state index in [0.717, 1.165) is 42.3 Å². The van der Waals surface area contributed by atoms with Gasteiger partial charge in [-0.2, -0.15) is 0 Å². The second-order valence-electron chi connectivity index (χ2n) is 6.62. The van der Waals surface area contributed by atoms with Crippen LogP contribution in [-0.4, -0.2) is 0 Å². The van der Waals surface area contributed by atoms with Gasteiger partial charge in [-0.15, -0.1) is 0 Å². The number of hydrogen-bond acceptors (Lipinski definition) is 2. The Morgan fingerprint density at radius 2 is 2.04 bits per heavy atom. The maximum atomic E-state index is 12.4. The van der Waals surface area contributed by atoms with E-state index in [-0.39, 0.29) is 22.6 Å². The lowest BCUT2D eigenvalue weighted by Crippen LogP contribution is -3.00. The van der Waals surface area contributed by atoms with Crippen molar-refractivity contribution in [1.82, 2.24) is 0 Å². The first-order valence-electron chi connectivity index (χ1n) is 8.93. The summed E-state index contributed by atoms with van der Waals surface area (Å²) in [6.45, 7) is 0. The average molecular weight is 422 g/mol. The Morgan fingerprint density at radius 3 is 2.89 bits per heavy atom. The van der Waals surface area contributed by atoms with Gasteiger partial charge in [0.05, 0.1) is 5.56 Å². The zero-order chi connectivity index (χ0) is 17.9. The van der Waals surface area contributed by atoms with Crippen molar-refractivity contribution in [2.45, 2.75) is 25.7 Å². The minimum atomic E-state index is -0.328. The second kappa shape index (κ2) is 8.37. The van der Waals surface area contributed by atoms with Crippen molar-refractivity contribution in [3.05, 3.63) is 75.4 Å². The van der Waals surface area contributed by atoms with Crippen LogP contribution >= 0.6 is 0 Å². The molecule has 4 rings (SSSR count). The van der Waals surface area contributed by atoms with Crippen LogP contribution in [0.15, 0.2) is 51.8 Å². The van der Waals surface area contributed by atoms with Gasteiger partial charge in [0.15, 0.2) is 6.20 Å². The first kappa shape index (κ1) is 19.1. The Labute approximate surface area is 169 Å². The van der Waals surface area contributed by atoms with Gasteiger partial charge >= 0.3 is 5.63 Å². The summed E-state index contributed by atoms with van der Waals surface area (Å²) in [7, 11) is 1.97. The third kappa shape index (κ3) is 4.20. The summed E-state index contributed by atoms with van der Waals surface area (Å²) < 4.78 is 7.57. The van der Waals surface area contributed by atoms with Crippen LogP contribution in [0.2, 0.25) is 0 Å². The Bertz CT molecular complexity index is 1130. The number of rotatable bonds is 2. The molecular weight excluding hydrogens is 402 g/mol. The summed E-state index contributed by atoms with van der Waals surface area (Å²) in [5, 5.41) is 0.947. The molecule has 0 atom stereocenters. The van der Waals surface area contributed by atoms with Crippen molar-refractivity contribution in [1.29, 1.82) is 0 Å². The second-order valence-corrected chi connectivity index (χ2v) is 6.62. The Hall–Kier alpha value is -2.64. The molecular formula is C23H20BrNO2. The number of aryl methyl sites for hydroxylation is 2. The lowest BCUT2D eigenvalue weighted by molar-refractivity contribution is -0.673. The minimum Gasteiger partial charge on any atom is -1.00 e. The number of pyridine rings is 1. The highest BCUT2D eigenvalue weighted by atomic mass is 79.9. The van der Waals surface area contributed by atoms with Gasteiger partial charge in [-0.05, 0) is 55.2 Å². The van der Waals surface area contributed by atoms with Crippen molar-refractivity contribution in [2.24, 2.45) is 7.05 Å². The number of hydrogen-bond donors (Lipinski definition) is 0. The summed E-state index contributed by atoms with van der Waals surface area (Å²) in [6, 6.07) is 11.9. The molecule has 0 spiro atoms. The zero-order valence-corrected chi connectivity index (χ0v) is 16.8. The van der Waals surface area contributed by atoms with Crippen LogP contribution in [0, 0.1) is 11.8 Å². The quantitative estimate of drug-likeness (QED) is 0.349. The molecule has 3 aromatic rings. The van der Waals surface area contributed by atoms with Crippen LogP contribution in [0.5, 0.6) is 0 Å². The van der Waals surface area contributed by atoms with Gasteiger partial charge < -0.3 is 21.4 Å². The summed E-state index contributed by atoms with van der Waals surface area (Å²) in [4.78, 5) is 12.4. The molecule has 0 N–H and O–H groups in total. The normalized spacial score (nSPS) is 13.2. The maximum Gasteiger partial charge on any atom is 0.343 e. The van der Waals surface area contributed by atoms with E-state index in [1.54, 1.807) is 0 Å². The van der Waals surface area contributed by atoms with E-state index in [4.69, 9.17) is 4.42 Å². The fourth-order valence-electron chi connectivity index (χ4n) is 3.24. The van der Waals surface area contributed by atoms with Gasteiger partial charge in [-0.25, -0.2) is 9.36 Å². The van der Waals surface area contributed by atoms with Crippen molar-refractivity contribution >= 4 is 23.1 Å². The average Bonchev–Trinajstić information content (AvgIpc) is 2.61. The van der Waals surface area contributed by atoms with E-state index >= 15 is 0 Å². The van der Waals surface area contributed by atoms with E-state index in [9.17, 15) is 4.79 Å². The van der Waals surface area contributed by atoms with Crippen molar-refractivity contribution in [3.63, 3.8) is 0 Å². The van der Waals surface area contributed by atoms with Gasteiger partial charge in [0.2, 0.25) is 5.69 Å². The van der Waals surface area contributed by atoms with Crippen molar-refractivity contribution < 1.29 is 26.0 Å². The standard InChI is InChI=1S/C23H20NO2.BrH/c1-24-13-7-6-10-21(24)12-11-19-15-20-14-17-8-4-2-3-5-9-18(17)16-22(20)26-23(19)25;/h6-7,10-16H,2-4,8H2,1H3;1H/q+1;/p-1/b12-11+;. The smallest absolute Gasteiger partial charge is 0.343 e. The van der Waals surface area contributed by atoms with Gasteiger partial charge in [0.25, 0.3) is 0 Å². The molecule has 1 aromatic carbocycles. The van der Waals surface area contributed by atoms with E-state index < -0.39 is 0 Å². The SMILES string of the molecule is C[n+]1ccccc1/C=C/c1cc2cc3c(cc2oc1=O)C#CCCCC3.[Br-]. The molecule has 136 valence electrons. The summed E-state index contributed by atoms with van der Waals surface area (Å²) in [5.74, 6) is 6.41. The summed E-state index contributed by atoms with van der Waals surface area (Å²) in [5.41, 5.74) is 4.07. The topological polar surface area (TPSA) is 34.1 Å². The molecule has 0 bridgehead atoms. The van der Waals surface area contributed by atoms with E-state index in [1.807, 2.05) is 60.3 Å². The van der Waals surface area contributed by atoms with Crippen LogP contribution < -0.4 is 27.2 Å². The predicted octanol–water partition coefficient (Wildman–Crippen LogP) is 0.870. The van der Waals surface area contributed by atoms with Crippen molar-refractivity contribution in [2.75, 3.05) is 0 Å². The van der Waals surface area contributed by atoms with Crippen LogP contribution in [0.4, 0.5) is 0 Å². The maximum absolute atomic E-state index is 12.4. The highest BCUT2D eigenvalue weighted by molar-refractivity contribution is 5.82. The Morgan fingerprint density at radius 1 is 1.15 bits per heavy atom. The molecule has 1 aliphatic rings. The third-order valence-electron chi connectivity index (χ3n) is 4.73. The minimum absolute atomic E-state index is 0. The molecule has 0 aliphatic heterocycles. The fourth-order valence-corrected chi connectivity index (χ4v) is 3.24. The van der Waals surface area contributed by atoms with Crippen LogP contribution in [0.3, 0.4) is 0 Å². The molecule has 1 aliphatic carbocycles. The Balaban J connectivity index is 0.00000210. The lowest BCUT2D eigenvalue weighted by Gasteiger charge is -2.09. The largest absolute Gasteiger partial charge is 1.00 e. The lowest BCUT2D eigenvalue weighted by atomic mass is 9.97. The number of aromatic nitrogens is 1. The van der Waals surface area contributed by atoms with E-state index in [1.165, 1.54) is 5.56 Å². The molecule has 0 saturated heterocycles. The monoisotopic (exact) mass is 421 g/mol. The highest BCUT2D eigenvalue weighted by Gasteiger charge is 2.10. The molecule has 0 amide bonds.